The van der Waals surface area contributed by atoms with E-state index in [1.807, 2.05) is 37.3 Å². The largest absolute Gasteiger partial charge is 0.216 e. The van der Waals surface area contributed by atoms with Gasteiger partial charge in [-0.15, -0.1) is 5.10 Å². The van der Waals surface area contributed by atoms with Gasteiger partial charge in [-0.1, -0.05) is 30.3 Å². The van der Waals surface area contributed by atoms with Crippen molar-refractivity contribution in [2.24, 2.45) is 0 Å². The van der Waals surface area contributed by atoms with E-state index >= 15 is 0 Å². The first-order chi connectivity index (χ1) is 9.31. The topological polar surface area (TPSA) is 69.4 Å². The van der Waals surface area contributed by atoms with Crippen LogP contribution in [-0.2, 0) is 6.54 Å². The van der Waals surface area contributed by atoms with Crippen LogP contribution >= 0.6 is 23.3 Å². The van der Waals surface area contributed by atoms with Crippen molar-refractivity contribution in [3.8, 4) is 0 Å². The normalized spacial score (nSPS) is 10.8. The van der Waals surface area contributed by atoms with Crippen molar-refractivity contribution in [2.45, 2.75) is 23.0 Å². The molecule has 0 aliphatic carbocycles. The Balaban J connectivity index is 1.79. The van der Waals surface area contributed by atoms with Gasteiger partial charge in [0.1, 0.15) is 5.82 Å². The first-order valence-corrected chi connectivity index (χ1v) is 7.18. The lowest BCUT2D eigenvalue weighted by atomic mass is 10.2. The highest BCUT2D eigenvalue weighted by molar-refractivity contribution is 8.00. The van der Waals surface area contributed by atoms with Gasteiger partial charge in [0.05, 0.1) is 6.54 Å². The molecule has 2 aromatic heterocycles. The summed E-state index contributed by atoms with van der Waals surface area (Å²) in [6.07, 6.45) is 0. The van der Waals surface area contributed by atoms with Crippen molar-refractivity contribution in [3.05, 3.63) is 41.7 Å². The Bertz CT molecular complexity index is 663. The Labute approximate surface area is 118 Å². The van der Waals surface area contributed by atoms with Crippen LogP contribution in [0, 0.1) is 6.92 Å². The van der Waals surface area contributed by atoms with Crippen LogP contribution in [0.3, 0.4) is 0 Å². The summed E-state index contributed by atoms with van der Waals surface area (Å²) >= 11 is 2.79. The lowest BCUT2D eigenvalue weighted by Gasteiger charge is -2.02. The van der Waals surface area contributed by atoms with E-state index < -0.39 is 0 Å². The molecule has 3 aromatic rings. The van der Waals surface area contributed by atoms with Gasteiger partial charge in [0.15, 0.2) is 4.34 Å². The van der Waals surface area contributed by atoms with Crippen LogP contribution in [0.4, 0.5) is 0 Å². The molecule has 0 saturated carbocycles. The lowest BCUT2D eigenvalue weighted by Crippen LogP contribution is -2.03. The third-order valence-electron chi connectivity index (χ3n) is 2.36. The fourth-order valence-electron chi connectivity index (χ4n) is 1.52. The molecule has 8 heteroatoms. The molecule has 6 nitrogen and oxygen atoms in total. The minimum atomic E-state index is 0.647. The maximum atomic E-state index is 4.30. The van der Waals surface area contributed by atoms with Crippen LogP contribution in [0.15, 0.2) is 39.8 Å². The standard InChI is InChI=1S/C11H10N6S2/c1-8-12-11(19-14-8)18-10-13-15-16-17(10)7-9-5-3-2-4-6-9/h2-6H,7H2,1H3. The number of tetrazole rings is 1. The van der Waals surface area contributed by atoms with Gasteiger partial charge in [0, 0.05) is 0 Å². The summed E-state index contributed by atoms with van der Waals surface area (Å²) in [6, 6.07) is 10.1. The van der Waals surface area contributed by atoms with E-state index in [1.165, 1.54) is 23.3 Å². The fourth-order valence-corrected chi connectivity index (χ4v) is 3.05. The smallest absolute Gasteiger partial charge is 0.216 e. The Kier molecular flexibility index (Phi) is 3.51. The Morgan fingerprint density at radius 3 is 2.84 bits per heavy atom. The van der Waals surface area contributed by atoms with Gasteiger partial charge in [-0.05, 0) is 46.2 Å². The molecule has 96 valence electrons. The third-order valence-corrected chi connectivity index (χ3v) is 4.18. The Morgan fingerprint density at radius 1 is 1.26 bits per heavy atom. The summed E-state index contributed by atoms with van der Waals surface area (Å²) < 4.78 is 6.75. The first kappa shape index (κ1) is 12.2. The molecular weight excluding hydrogens is 280 g/mol. The minimum Gasteiger partial charge on any atom is -0.216 e. The second-order valence-electron chi connectivity index (χ2n) is 3.81. The molecule has 1 aromatic carbocycles. The SMILES string of the molecule is Cc1nsc(Sc2nnnn2Cc2ccccc2)n1. The van der Waals surface area contributed by atoms with Crippen LogP contribution in [-0.4, -0.2) is 29.6 Å². The molecule has 0 spiro atoms. The van der Waals surface area contributed by atoms with E-state index in [9.17, 15) is 0 Å². The van der Waals surface area contributed by atoms with E-state index in [0.29, 0.717) is 6.54 Å². The number of aryl methyl sites for hydroxylation is 1. The number of nitrogens with zero attached hydrogens (tertiary/aromatic N) is 6. The number of rotatable bonds is 4. The van der Waals surface area contributed by atoms with Gasteiger partial charge >= 0.3 is 0 Å². The summed E-state index contributed by atoms with van der Waals surface area (Å²) in [5.41, 5.74) is 1.16. The van der Waals surface area contributed by atoms with E-state index in [-0.39, 0.29) is 0 Å². The van der Waals surface area contributed by atoms with Gasteiger partial charge in [-0.3, -0.25) is 0 Å². The van der Waals surface area contributed by atoms with Crippen molar-refractivity contribution in [3.63, 3.8) is 0 Å². The molecular formula is C11H10N6S2. The second kappa shape index (κ2) is 5.45. The number of benzene rings is 1. The summed E-state index contributed by atoms with van der Waals surface area (Å²) in [5, 5.41) is 12.5. The van der Waals surface area contributed by atoms with Crippen LogP contribution in [0.25, 0.3) is 0 Å². The summed E-state index contributed by atoms with van der Waals surface area (Å²) in [6.45, 7) is 2.52. The number of hydrogen-bond donors (Lipinski definition) is 0. The molecule has 0 aliphatic heterocycles. The van der Waals surface area contributed by atoms with E-state index in [2.05, 4.69) is 24.9 Å². The van der Waals surface area contributed by atoms with Crippen molar-refractivity contribution in [1.29, 1.82) is 0 Å². The van der Waals surface area contributed by atoms with Crippen molar-refractivity contribution in [2.75, 3.05) is 0 Å². The molecule has 0 bridgehead atoms. The molecule has 0 amide bonds. The second-order valence-corrected chi connectivity index (χ2v) is 5.78. The number of aromatic nitrogens is 6. The van der Waals surface area contributed by atoms with Gasteiger partial charge in [0.25, 0.3) is 0 Å². The van der Waals surface area contributed by atoms with Crippen molar-refractivity contribution < 1.29 is 0 Å². The monoisotopic (exact) mass is 290 g/mol. The summed E-state index contributed by atoms with van der Waals surface area (Å²) in [5.74, 6) is 0.773. The predicted octanol–water partition coefficient (Wildman–Crippen LogP) is 2.03. The van der Waals surface area contributed by atoms with Crippen LogP contribution in [0.2, 0.25) is 0 Å². The highest BCUT2D eigenvalue weighted by Gasteiger charge is 2.11. The average molecular weight is 290 g/mol. The molecule has 0 fully saturated rings. The van der Waals surface area contributed by atoms with E-state index in [4.69, 9.17) is 0 Å². The highest BCUT2D eigenvalue weighted by atomic mass is 32.2. The number of hydrogen-bond acceptors (Lipinski definition) is 7. The summed E-state index contributed by atoms with van der Waals surface area (Å²) in [4.78, 5) is 4.30. The van der Waals surface area contributed by atoms with Gasteiger partial charge in [-0.2, -0.15) is 4.37 Å². The molecule has 0 unspecified atom stereocenters. The Hall–Kier alpha value is -1.80. The quantitative estimate of drug-likeness (QED) is 0.732. The maximum Gasteiger partial charge on any atom is 0.216 e. The van der Waals surface area contributed by atoms with Crippen LogP contribution in [0.5, 0.6) is 0 Å². The molecule has 0 saturated heterocycles. The molecule has 19 heavy (non-hydrogen) atoms. The molecule has 0 N–H and O–H groups in total. The van der Waals surface area contributed by atoms with Gasteiger partial charge in [0.2, 0.25) is 5.16 Å². The zero-order valence-electron chi connectivity index (χ0n) is 10.1. The third kappa shape index (κ3) is 2.96. The molecule has 0 radical (unpaired) electrons. The van der Waals surface area contributed by atoms with Crippen LogP contribution < -0.4 is 0 Å². The zero-order valence-corrected chi connectivity index (χ0v) is 11.7. The highest BCUT2D eigenvalue weighted by Crippen LogP contribution is 2.26. The predicted molar refractivity (Wildman–Crippen MR) is 72.1 cm³/mol. The maximum absolute atomic E-state index is 4.30. The van der Waals surface area contributed by atoms with Crippen molar-refractivity contribution in [1.82, 2.24) is 29.6 Å². The van der Waals surface area contributed by atoms with Crippen LogP contribution in [0.1, 0.15) is 11.4 Å². The van der Waals surface area contributed by atoms with Gasteiger partial charge in [-0.25, -0.2) is 9.67 Å². The molecule has 0 atom stereocenters. The van der Waals surface area contributed by atoms with E-state index in [1.54, 1.807) is 4.68 Å². The molecule has 3 rings (SSSR count). The van der Waals surface area contributed by atoms with E-state index in [0.717, 1.165) is 20.9 Å². The molecule has 0 aliphatic rings. The fraction of sp³-hybridized carbons (Fsp3) is 0.182. The first-order valence-electron chi connectivity index (χ1n) is 5.59. The van der Waals surface area contributed by atoms with Gasteiger partial charge < -0.3 is 0 Å². The van der Waals surface area contributed by atoms with Crippen molar-refractivity contribution >= 4 is 23.3 Å². The average Bonchev–Trinajstić information content (AvgIpc) is 3.01. The minimum absolute atomic E-state index is 0.647. The zero-order chi connectivity index (χ0) is 13.1. The molecule has 2 heterocycles. The Morgan fingerprint density at radius 2 is 2.11 bits per heavy atom. The lowest BCUT2D eigenvalue weighted by molar-refractivity contribution is 0.603. The summed E-state index contributed by atoms with van der Waals surface area (Å²) in [7, 11) is 0.